The maximum Gasteiger partial charge on any atom is 0.253 e. The molecule has 1 fully saturated rings. The molecular weight excluding hydrogens is 326 g/mol. The summed E-state index contributed by atoms with van der Waals surface area (Å²) >= 11 is 7.01. The molecule has 0 spiro atoms. The van der Waals surface area contributed by atoms with Gasteiger partial charge in [0.25, 0.3) is 10.0 Å². The Morgan fingerprint density at radius 1 is 1.24 bits per heavy atom. The minimum absolute atomic E-state index is 0.0722. The fourth-order valence-corrected chi connectivity index (χ4v) is 6.14. The summed E-state index contributed by atoms with van der Waals surface area (Å²) in [6.07, 6.45) is 1.75. The van der Waals surface area contributed by atoms with Crippen LogP contribution >= 0.6 is 22.9 Å². The van der Waals surface area contributed by atoms with Gasteiger partial charge in [0.1, 0.15) is 4.21 Å². The Kier molecular flexibility index (Phi) is 4.10. The molecular formula is C15H16ClNO2S2. The van der Waals surface area contributed by atoms with Crippen molar-refractivity contribution in [2.24, 2.45) is 0 Å². The number of nitrogens with zero attached hydrogens (tertiary/aromatic N) is 1. The number of aryl methyl sites for hydroxylation is 1. The molecule has 0 N–H and O–H groups in total. The molecule has 3 rings (SSSR count). The van der Waals surface area contributed by atoms with Crippen LogP contribution in [0.3, 0.4) is 0 Å². The smallest absolute Gasteiger partial charge is 0.206 e. The van der Waals surface area contributed by atoms with Gasteiger partial charge in [-0.15, -0.1) is 11.3 Å². The van der Waals surface area contributed by atoms with Gasteiger partial charge < -0.3 is 0 Å². The molecule has 0 aliphatic carbocycles. The first kappa shape index (κ1) is 15.0. The first-order valence-corrected chi connectivity index (χ1v) is 9.46. The van der Waals surface area contributed by atoms with E-state index in [9.17, 15) is 8.42 Å². The average Bonchev–Trinajstić information content (AvgIpc) is 3.08. The molecule has 0 radical (unpaired) electrons. The molecule has 1 saturated heterocycles. The van der Waals surface area contributed by atoms with Crippen LogP contribution < -0.4 is 0 Å². The summed E-state index contributed by atoms with van der Waals surface area (Å²) in [6.45, 7) is 2.59. The van der Waals surface area contributed by atoms with Crippen molar-refractivity contribution in [2.75, 3.05) is 6.54 Å². The van der Waals surface area contributed by atoms with Crippen LogP contribution in [0, 0.1) is 6.92 Å². The molecule has 1 atom stereocenters. The number of hydrogen-bond acceptors (Lipinski definition) is 3. The molecule has 0 unspecified atom stereocenters. The van der Waals surface area contributed by atoms with E-state index in [1.54, 1.807) is 16.4 Å². The molecule has 112 valence electrons. The van der Waals surface area contributed by atoms with Gasteiger partial charge >= 0.3 is 0 Å². The van der Waals surface area contributed by atoms with Crippen LogP contribution in [-0.4, -0.2) is 19.3 Å². The minimum atomic E-state index is -3.46. The van der Waals surface area contributed by atoms with Gasteiger partial charge in [-0.2, -0.15) is 4.31 Å². The monoisotopic (exact) mass is 341 g/mol. The molecule has 3 nitrogen and oxygen atoms in total. The van der Waals surface area contributed by atoms with Gasteiger partial charge in [-0.05, 0) is 43.0 Å². The first-order valence-electron chi connectivity index (χ1n) is 6.83. The Hall–Kier alpha value is -0.880. The topological polar surface area (TPSA) is 37.4 Å². The molecule has 0 bridgehead atoms. The third-order valence-corrected chi connectivity index (χ3v) is 7.47. The van der Waals surface area contributed by atoms with Crippen molar-refractivity contribution in [1.82, 2.24) is 4.31 Å². The van der Waals surface area contributed by atoms with Crippen molar-refractivity contribution in [2.45, 2.75) is 30.0 Å². The van der Waals surface area contributed by atoms with Gasteiger partial charge in [0.05, 0.1) is 10.4 Å². The van der Waals surface area contributed by atoms with Gasteiger partial charge in [0.15, 0.2) is 0 Å². The SMILES string of the molecule is Cc1ccccc1[C@H]1CCCN1S(=O)(=O)c1ccc(Cl)s1. The van der Waals surface area contributed by atoms with Crippen molar-refractivity contribution in [1.29, 1.82) is 0 Å². The predicted octanol–water partition coefficient (Wildman–Crippen LogP) is 4.24. The molecule has 2 heterocycles. The average molecular weight is 342 g/mol. The van der Waals surface area contributed by atoms with E-state index in [-0.39, 0.29) is 6.04 Å². The highest BCUT2D eigenvalue weighted by molar-refractivity contribution is 7.91. The molecule has 1 aliphatic heterocycles. The molecule has 2 aromatic rings. The van der Waals surface area contributed by atoms with Crippen molar-refractivity contribution < 1.29 is 8.42 Å². The van der Waals surface area contributed by atoms with E-state index >= 15 is 0 Å². The lowest BCUT2D eigenvalue weighted by molar-refractivity contribution is 0.397. The predicted molar refractivity (Wildman–Crippen MR) is 86.4 cm³/mol. The highest BCUT2D eigenvalue weighted by Gasteiger charge is 2.37. The van der Waals surface area contributed by atoms with Gasteiger partial charge in [-0.1, -0.05) is 35.9 Å². The number of thiophene rings is 1. The van der Waals surface area contributed by atoms with Crippen LogP contribution in [0.5, 0.6) is 0 Å². The van der Waals surface area contributed by atoms with Crippen molar-refractivity contribution in [3.05, 3.63) is 51.9 Å². The lowest BCUT2D eigenvalue weighted by Gasteiger charge is -2.25. The molecule has 6 heteroatoms. The minimum Gasteiger partial charge on any atom is -0.206 e. The molecule has 1 aliphatic rings. The Bertz CT molecular complexity index is 755. The summed E-state index contributed by atoms with van der Waals surface area (Å²) in [7, 11) is -3.46. The zero-order valence-corrected chi connectivity index (χ0v) is 14.0. The van der Waals surface area contributed by atoms with Crippen molar-refractivity contribution in [3.63, 3.8) is 0 Å². The van der Waals surface area contributed by atoms with Crippen molar-refractivity contribution >= 4 is 33.0 Å². The Labute approximate surface area is 134 Å². The number of halogens is 1. The number of rotatable bonds is 3. The maximum absolute atomic E-state index is 12.8. The van der Waals surface area contributed by atoms with Crippen LogP contribution in [0.25, 0.3) is 0 Å². The summed E-state index contributed by atoms with van der Waals surface area (Å²) in [5.41, 5.74) is 2.23. The number of hydrogen-bond donors (Lipinski definition) is 0. The maximum atomic E-state index is 12.8. The lowest BCUT2D eigenvalue weighted by Crippen LogP contribution is -2.30. The zero-order valence-electron chi connectivity index (χ0n) is 11.6. The van der Waals surface area contributed by atoms with E-state index in [0.717, 1.165) is 35.3 Å². The van der Waals surface area contributed by atoms with Crippen LogP contribution in [-0.2, 0) is 10.0 Å². The van der Waals surface area contributed by atoms with E-state index in [0.29, 0.717) is 15.1 Å². The zero-order chi connectivity index (χ0) is 15.0. The molecule has 1 aromatic carbocycles. The van der Waals surface area contributed by atoms with Gasteiger partial charge in [-0.25, -0.2) is 8.42 Å². The van der Waals surface area contributed by atoms with Gasteiger partial charge in [0.2, 0.25) is 0 Å². The second-order valence-corrected chi connectivity index (χ2v) is 9.02. The summed E-state index contributed by atoms with van der Waals surface area (Å²) in [4.78, 5) is 0. The summed E-state index contributed by atoms with van der Waals surface area (Å²) in [6, 6.07) is 11.2. The first-order chi connectivity index (χ1) is 10.00. The highest BCUT2D eigenvalue weighted by atomic mass is 35.5. The third kappa shape index (κ3) is 2.75. The second kappa shape index (κ2) is 5.72. The van der Waals surface area contributed by atoms with Crippen molar-refractivity contribution in [3.8, 4) is 0 Å². The Morgan fingerprint density at radius 2 is 2.00 bits per heavy atom. The van der Waals surface area contributed by atoms with E-state index in [4.69, 9.17) is 11.6 Å². The van der Waals surface area contributed by atoms with Crippen LogP contribution in [0.4, 0.5) is 0 Å². The standard InChI is InChI=1S/C15H16ClNO2S2/c1-11-5-2-3-6-12(11)13-7-4-10-17(13)21(18,19)15-9-8-14(16)20-15/h2-3,5-6,8-9,13H,4,7,10H2,1H3/t13-/m1/s1. The van der Waals surface area contributed by atoms with E-state index < -0.39 is 10.0 Å². The fraction of sp³-hybridized carbons (Fsp3) is 0.333. The van der Waals surface area contributed by atoms with Gasteiger partial charge in [0, 0.05) is 6.54 Å². The summed E-state index contributed by atoms with van der Waals surface area (Å²) < 4.78 is 28.1. The fourth-order valence-electron chi connectivity index (χ4n) is 2.85. The molecule has 0 saturated carbocycles. The normalized spacial score (nSPS) is 20.0. The Balaban J connectivity index is 2.00. The van der Waals surface area contributed by atoms with Gasteiger partial charge in [-0.3, -0.25) is 0 Å². The van der Waals surface area contributed by atoms with E-state index in [1.165, 1.54) is 0 Å². The lowest BCUT2D eigenvalue weighted by atomic mass is 10.0. The molecule has 21 heavy (non-hydrogen) atoms. The largest absolute Gasteiger partial charge is 0.253 e. The van der Waals surface area contributed by atoms with Crippen LogP contribution in [0.15, 0.2) is 40.6 Å². The van der Waals surface area contributed by atoms with E-state index in [1.807, 2.05) is 31.2 Å². The second-order valence-electron chi connectivity index (χ2n) is 5.19. The summed E-state index contributed by atoms with van der Waals surface area (Å²) in [5.74, 6) is 0. The van der Waals surface area contributed by atoms with Crippen LogP contribution in [0.2, 0.25) is 4.34 Å². The third-order valence-electron chi connectivity index (χ3n) is 3.86. The molecule has 0 amide bonds. The summed E-state index contributed by atoms with van der Waals surface area (Å²) in [5, 5.41) is 0. The molecule has 1 aromatic heterocycles. The van der Waals surface area contributed by atoms with E-state index in [2.05, 4.69) is 0 Å². The van der Waals surface area contributed by atoms with Crippen LogP contribution in [0.1, 0.15) is 30.0 Å². The number of benzene rings is 1. The Morgan fingerprint density at radius 3 is 2.67 bits per heavy atom. The highest BCUT2D eigenvalue weighted by Crippen LogP contribution is 2.39. The quantitative estimate of drug-likeness (QED) is 0.837. The number of sulfonamides is 1.